The van der Waals surface area contributed by atoms with E-state index in [1.807, 2.05) is 53.1 Å². The normalized spacial score (nSPS) is 10.2. The van der Waals surface area contributed by atoms with Crippen molar-refractivity contribution < 1.29 is 9.53 Å². The summed E-state index contributed by atoms with van der Waals surface area (Å²) in [7, 11) is 1.61. The SMILES string of the molecule is COc1ccc(-n2cc(C(=O)N=[N+]=[N-])c3ccccc32)cc1. The third-order valence-corrected chi connectivity index (χ3v) is 3.43. The third kappa shape index (κ3) is 2.28. The highest BCUT2D eigenvalue weighted by Gasteiger charge is 2.14. The fourth-order valence-electron chi connectivity index (χ4n) is 2.40. The molecule has 0 aliphatic heterocycles. The van der Waals surface area contributed by atoms with Gasteiger partial charge in [-0.25, -0.2) is 0 Å². The predicted octanol–water partition coefficient (Wildman–Crippen LogP) is 4.09. The van der Waals surface area contributed by atoms with E-state index in [0.29, 0.717) is 5.56 Å². The number of fused-ring (bicyclic) bond motifs is 1. The smallest absolute Gasteiger partial charge is 0.251 e. The molecule has 2 aromatic carbocycles. The Hall–Kier alpha value is -3.24. The monoisotopic (exact) mass is 292 g/mol. The van der Waals surface area contributed by atoms with Crippen LogP contribution in [0, 0.1) is 0 Å². The fraction of sp³-hybridized carbons (Fsp3) is 0.0625. The zero-order chi connectivity index (χ0) is 15.5. The number of rotatable bonds is 3. The number of carbonyl (C=O) groups is 1. The minimum absolute atomic E-state index is 0.379. The maximum Gasteiger partial charge on any atom is 0.251 e. The van der Waals surface area contributed by atoms with Crippen LogP contribution in [0.3, 0.4) is 0 Å². The van der Waals surface area contributed by atoms with Gasteiger partial charge in [-0.1, -0.05) is 18.2 Å². The summed E-state index contributed by atoms with van der Waals surface area (Å²) in [6, 6.07) is 15.0. The van der Waals surface area contributed by atoms with Gasteiger partial charge in [0.25, 0.3) is 5.91 Å². The van der Waals surface area contributed by atoms with Gasteiger partial charge in [-0.2, -0.15) is 0 Å². The Morgan fingerprint density at radius 1 is 1.18 bits per heavy atom. The van der Waals surface area contributed by atoms with E-state index in [0.717, 1.165) is 22.3 Å². The zero-order valence-corrected chi connectivity index (χ0v) is 11.8. The molecule has 1 amide bonds. The first kappa shape index (κ1) is 13.7. The Morgan fingerprint density at radius 2 is 1.91 bits per heavy atom. The van der Waals surface area contributed by atoms with Crippen molar-refractivity contribution in [1.29, 1.82) is 0 Å². The van der Waals surface area contributed by atoms with Gasteiger partial charge in [0, 0.05) is 22.2 Å². The average Bonchev–Trinajstić information content (AvgIpc) is 2.95. The van der Waals surface area contributed by atoms with Crippen molar-refractivity contribution >= 4 is 16.8 Å². The summed E-state index contributed by atoms with van der Waals surface area (Å²) in [5, 5.41) is 3.93. The molecule has 0 aliphatic carbocycles. The van der Waals surface area contributed by atoms with E-state index in [1.54, 1.807) is 13.3 Å². The standard InChI is InChI=1S/C16H12N4O2/c1-22-12-8-6-11(7-9-12)20-10-14(16(21)18-19-17)13-4-2-3-5-15(13)20/h2-10H,1H3. The van der Waals surface area contributed by atoms with E-state index < -0.39 is 5.91 Å². The Kier molecular flexibility index (Phi) is 3.52. The number of hydrogen-bond acceptors (Lipinski definition) is 2. The van der Waals surface area contributed by atoms with Crippen molar-refractivity contribution in [3.63, 3.8) is 0 Å². The minimum atomic E-state index is -0.592. The van der Waals surface area contributed by atoms with Gasteiger partial charge in [0.15, 0.2) is 0 Å². The molecule has 0 bridgehead atoms. The van der Waals surface area contributed by atoms with Gasteiger partial charge >= 0.3 is 0 Å². The highest BCUT2D eigenvalue weighted by Crippen LogP contribution is 2.26. The van der Waals surface area contributed by atoms with Gasteiger partial charge in [-0.3, -0.25) is 4.79 Å². The quantitative estimate of drug-likeness (QED) is 0.414. The molecule has 0 N–H and O–H groups in total. The first-order valence-corrected chi connectivity index (χ1v) is 6.58. The van der Waals surface area contributed by atoms with Crippen molar-refractivity contribution in [2.24, 2.45) is 5.11 Å². The van der Waals surface area contributed by atoms with Crippen LogP contribution in [0.15, 0.2) is 59.8 Å². The van der Waals surface area contributed by atoms with Gasteiger partial charge in [-0.15, -0.1) is 0 Å². The molecule has 0 radical (unpaired) electrons. The number of benzene rings is 2. The summed E-state index contributed by atoms with van der Waals surface area (Å²) < 4.78 is 7.03. The van der Waals surface area contributed by atoms with Gasteiger partial charge in [0.05, 0.1) is 18.2 Å². The first-order chi connectivity index (χ1) is 10.7. The maximum atomic E-state index is 12.0. The topological polar surface area (TPSA) is 80.0 Å². The van der Waals surface area contributed by atoms with Crippen molar-refractivity contribution in [1.82, 2.24) is 4.57 Å². The van der Waals surface area contributed by atoms with Crippen LogP contribution in [0.25, 0.3) is 27.0 Å². The number of para-hydroxylation sites is 1. The highest BCUT2D eigenvalue weighted by molar-refractivity contribution is 6.07. The van der Waals surface area contributed by atoms with E-state index >= 15 is 0 Å². The van der Waals surface area contributed by atoms with Crippen LogP contribution in [0.4, 0.5) is 0 Å². The second-order valence-electron chi connectivity index (χ2n) is 4.62. The molecule has 22 heavy (non-hydrogen) atoms. The lowest BCUT2D eigenvalue weighted by atomic mass is 10.2. The summed E-state index contributed by atoms with van der Waals surface area (Å²) in [5.74, 6) is 0.163. The minimum Gasteiger partial charge on any atom is -0.497 e. The van der Waals surface area contributed by atoms with Crippen LogP contribution < -0.4 is 4.74 Å². The van der Waals surface area contributed by atoms with Crippen LogP contribution >= 0.6 is 0 Å². The zero-order valence-electron chi connectivity index (χ0n) is 11.8. The number of methoxy groups -OCH3 is 1. The number of hydrogen-bond donors (Lipinski definition) is 0. The molecule has 0 unspecified atom stereocenters. The number of nitrogens with zero attached hydrogens (tertiary/aromatic N) is 4. The summed E-state index contributed by atoms with van der Waals surface area (Å²) in [4.78, 5) is 14.5. The van der Waals surface area contributed by atoms with Crippen LogP contribution in [0.2, 0.25) is 0 Å². The molecular weight excluding hydrogens is 280 g/mol. The maximum absolute atomic E-state index is 12.0. The summed E-state index contributed by atoms with van der Waals surface area (Å²) in [6.07, 6.45) is 1.68. The summed E-state index contributed by atoms with van der Waals surface area (Å²) in [6.45, 7) is 0. The summed E-state index contributed by atoms with van der Waals surface area (Å²) >= 11 is 0. The van der Waals surface area contributed by atoms with Crippen LogP contribution in [0.1, 0.15) is 10.4 Å². The molecule has 0 atom stereocenters. The number of aromatic nitrogens is 1. The Morgan fingerprint density at radius 3 is 2.59 bits per heavy atom. The van der Waals surface area contributed by atoms with Gasteiger partial charge in [-0.05, 0) is 41.0 Å². The Bertz CT molecular complexity index is 890. The highest BCUT2D eigenvalue weighted by atomic mass is 16.5. The molecule has 108 valence electrons. The van der Waals surface area contributed by atoms with Crippen molar-refractivity contribution in [2.45, 2.75) is 0 Å². The lowest BCUT2D eigenvalue weighted by molar-refractivity contribution is 0.100. The lowest BCUT2D eigenvalue weighted by Gasteiger charge is -2.06. The molecule has 0 saturated carbocycles. The van der Waals surface area contributed by atoms with Crippen molar-refractivity contribution in [2.75, 3.05) is 7.11 Å². The van der Waals surface area contributed by atoms with E-state index in [2.05, 4.69) is 10.0 Å². The Labute approximate surface area is 126 Å². The van der Waals surface area contributed by atoms with E-state index in [9.17, 15) is 4.79 Å². The molecule has 3 rings (SSSR count). The van der Waals surface area contributed by atoms with Crippen LogP contribution in [-0.2, 0) is 0 Å². The average molecular weight is 292 g/mol. The summed E-state index contributed by atoms with van der Waals surface area (Å²) in [5.41, 5.74) is 10.6. The second kappa shape index (κ2) is 5.63. The van der Waals surface area contributed by atoms with Crippen LogP contribution in [-0.4, -0.2) is 17.6 Å². The third-order valence-electron chi connectivity index (χ3n) is 3.43. The number of carbonyl (C=O) groups excluding carboxylic acids is 1. The Balaban J connectivity index is 2.21. The van der Waals surface area contributed by atoms with Crippen molar-refractivity contribution in [3.05, 3.63) is 70.7 Å². The van der Waals surface area contributed by atoms with E-state index in [-0.39, 0.29) is 0 Å². The number of amides is 1. The number of azide groups is 1. The fourth-order valence-corrected chi connectivity index (χ4v) is 2.40. The van der Waals surface area contributed by atoms with Crippen LogP contribution in [0.5, 0.6) is 5.75 Å². The predicted molar refractivity (Wildman–Crippen MR) is 83.3 cm³/mol. The molecule has 0 saturated heterocycles. The second-order valence-corrected chi connectivity index (χ2v) is 4.62. The number of ether oxygens (including phenoxy) is 1. The molecule has 3 aromatic rings. The van der Waals surface area contributed by atoms with Crippen molar-refractivity contribution in [3.8, 4) is 11.4 Å². The largest absolute Gasteiger partial charge is 0.497 e. The molecule has 0 fully saturated rings. The molecule has 6 heteroatoms. The first-order valence-electron chi connectivity index (χ1n) is 6.58. The molecule has 0 spiro atoms. The van der Waals surface area contributed by atoms with E-state index in [4.69, 9.17) is 10.3 Å². The molecule has 1 aromatic heterocycles. The molecule has 0 aliphatic rings. The molecule has 1 heterocycles. The molecular formula is C16H12N4O2. The van der Waals surface area contributed by atoms with E-state index in [1.165, 1.54) is 0 Å². The van der Waals surface area contributed by atoms with Gasteiger partial charge in [0.1, 0.15) is 5.75 Å². The van der Waals surface area contributed by atoms with Gasteiger partial charge in [0.2, 0.25) is 0 Å². The lowest BCUT2D eigenvalue weighted by Crippen LogP contribution is -1.93. The molecule has 6 nitrogen and oxygen atoms in total. The van der Waals surface area contributed by atoms with Gasteiger partial charge < -0.3 is 9.30 Å².